The van der Waals surface area contributed by atoms with Gasteiger partial charge in [0.2, 0.25) is 0 Å². The third-order valence-electron chi connectivity index (χ3n) is 3.31. The van der Waals surface area contributed by atoms with E-state index in [-0.39, 0.29) is 0 Å². The largest absolute Gasteiger partial charge is 0.0465 e. The van der Waals surface area contributed by atoms with Crippen molar-refractivity contribution in [3.8, 4) is 0 Å². The first kappa shape index (κ1) is 2.34. The predicted molar refractivity (Wildman–Crippen MR) is 23.3 cm³/mol. The Bertz CT molecular complexity index is 93.0. The van der Waals surface area contributed by atoms with Crippen molar-refractivity contribution >= 4 is 0 Å². The molecule has 0 N–H and O–H groups in total. The molecule has 0 unspecified atom stereocenters. The van der Waals surface area contributed by atoms with Crippen LogP contribution in [0, 0.1) is 10.8 Å². The molecule has 0 radical (unpaired) electrons. The normalized spacial score (nSPS) is 80.0. The highest BCUT2D eigenvalue weighted by molar-refractivity contribution is 5.37. The second-order valence-electron chi connectivity index (χ2n) is 3.41. The van der Waals surface area contributed by atoms with Crippen LogP contribution in [0.3, 0.4) is 0 Å². The molecule has 0 amide bonds. The molecule has 3 fully saturated rings. The fraction of sp³-hybridized carbons (Fsp3) is 1.00. The second-order valence-corrected chi connectivity index (χ2v) is 3.41. The van der Waals surface area contributed by atoms with Crippen molar-refractivity contribution in [3.05, 3.63) is 0 Å². The summed E-state index contributed by atoms with van der Waals surface area (Å²) >= 11 is 0. The van der Waals surface area contributed by atoms with Gasteiger partial charge in [0, 0.05) is 0 Å². The van der Waals surface area contributed by atoms with Gasteiger partial charge in [0.1, 0.15) is 0 Å². The Kier molecular flexibility index (Phi) is 0.122. The quantitative estimate of drug-likeness (QED) is 0.414. The van der Waals surface area contributed by atoms with Crippen LogP contribution in [0.5, 0.6) is 0 Å². The van der Waals surface area contributed by atoms with E-state index in [2.05, 4.69) is 0 Å². The Labute approximate surface area is 37.5 Å². The molecule has 3 aliphatic carbocycles. The molecule has 0 heterocycles. The third-order valence-corrected chi connectivity index (χ3v) is 3.31. The van der Waals surface area contributed by atoms with Crippen LogP contribution in [0.15, 0.2) is 0 Å². The molecule has 6 heavy (non-hydrogen) atoms. The molecule has 3 rings (SSSR count). The summed E-state index contributed by atoms with van der Waals surface area (Å²) in [4.78, 5) is 0. The molecule has 0 atom stereocenters. The lowest BCUT2D eigenvalue weighted by Gasteiger charge is -2.03. The zero-order valence-electron chi connectivity index (χ0n) is 3.83. The highest BCUT2D eigenvalue weighted by Crippen LogP contribution is 2.97. The smallest absolute Gasteiger partial charge is 0.0229 e. The van der Waals surface area contributed by atoms with Crippen molar-refractivity contribution in [2.24, 2.45) is 10.8 Å². The number of hydrogen-bond acceptors (Lipinski definition) is 0. The lowest BCUT2D eigenvalue weighted by Crippen LogP contribution is -1.93. The first-order valence-electron chi connectivity index (χ1n) is 2.87. The molecule has 3 saturated carbocycles. The standard InChI is InChI=1S/C6H8/c1-2-6-3-5(1,6)4-6/h1-4H2. The highest BCUT2D eigenvalue weighted by Gasteiger charge is 2.87. The average Bonchev–Trinajstić information content (AvgIpc) is 1.73. The molecular weight excluding hydrogens is 72.1 g/mol. The average molecular weight is 80.1 g/mol. The van der Waals surface area contributed by atoms with E-state index in [4.69, 9.17) is 0 Å². The minimum Gasteiger partial charge on any atom is -0.0465 e. The summed E-state index contributed by atoms with van der Waals surface area (Å²) in [5.74, 6) is 0. The molecule has 0 bridgehead atoms. The first-order valence-corrected chi connectivity index (χ1v) is 2.87. The fourth-order valence-corrected chi connectivity index (χ4v) is 2.34. The van der Waals surface area contributed by atoms with Crippen LogP contribution >= 0.6 is 0 Å². The van der Waals surface area contributed by atoms with Crippen LogP contribution in [-0.2, 0) is 0 Å². The van der Waals surface area contributed by atoms with Crippen LogP contribution in [0.2, 0.25) is 0 Å². The Morgan fingerprint density at radius 2 is 1.33 bits per heavy atom. The van der Waals surface area contributed by atoms with Crippen LogP contribution < -0.4 is 0 Å². The zero-order valence-corrected chi connectivity index (χ0v) is 3.83. The van der Waals surface area contributed by atoms with Crippen LogP contribution in [-0.4, -0.2) is 0 Å². The van der Waals surface area contributed by atoms with Crippen molar-refractivity contribution < 1.29 is 0 Å². The van der Waals surface area contributed by atoms with E-state index in [0.717, 1.165) is 10.8 Å². The van der Waals surface area contributed by atoms with Gasteiger partial charge in [0.15, 0.2) is 0 Å². The SMILES string of the molecule is C1CC23CC12C3. The van der Waals surface area contributed by atoms with E-state index in [1.165, 1.54) is 0 Å². The molecule has 3 aliphatic rings. The molecule has 0 aromatic rings. The maximum atomic E-state index is 1.62. The van der Waals surface area contributed by atoms with E-state index in [1.54, 1.807) is 25.7 Å². The van der Waals surface area contributed by atoms with Crippen molar-refractivity contribution in [2.75, 3.05) is 0 Å². The van der Waals surface area contributed by atoms with Crippen LogP contribution in [0.1, 0.15) is 25.7 Å². The summed E-state index contributed by atoms with van der Waals surface area (Å²) < 4.78 is 0. The van der Waals surface area contributed by atoms with Crippen LogP contribution in [0.4, 0.5) is 0 Å². The van der Waals surface area contributed by atoms with Gasteiger partial charge in [-0.3, -0.25) is 0 Å². The monoisotopic (exact) mass is 80.1 g/mol. The molecule has 0 spiro atoms. The minimum absolute atomic E-state index is 1.03. The Morgan fingerprint density at radius 3 is 1.33 bits per heavy atom. The summed E-state index contributed by atoms with van der Waals surface area (Å²) in [6.07, 6.45) is 6.43. The maximum absolute atomic E-state index is 1.62. The van der Waals surface area contributed by atoms with Gasteiger partial charge in [-0.15, -0.1) is 0 Å². The van der Waals surface area contributed by atoms with Gasteiger partial charge in [-0.2, -0.15) is 0 Å². The summed E-state index contributed by atoms with van der Waals surface area (Å²) in [6.45, 7) is 0. The molecule has 0 aromatic carbocycles. The van der Waals surface area contributed by atoms with Crippen molar-refractivity contribution in [1.82, 2.24) is 0 Å². The molecule has 0 nitrogen and oxygen atoms in total. The van der Waals surface area contributed by atoms with E-state index in [9.17, 15) is 0 Å². The molecule has 0 aliphatic heterocycles. The summed E-state index contributed by atoms with van der Waals surface area (Å²) in [5, 5.41) is 0. The molecule has 0 heteroatoms. The highest BCUT2D eigenvalue weighted by atomic mass is 14.9. The van der Waals surface area contributed by atoms with Gasteiger partial charge >= 0.3 is 0 Å². The lowest BCUT2D eigenvalue weighted by molar-refractivity contribution is 0.468. The van der Waals surface area contributed by atoms with Crippen molar-refractivity contribution in [3.63, 3.8) is 0 Å². The third kappa shape index (κ3) is 0.0625. The molecule has 32 valence electrons. The Balaban J connectivity index is 2.32. The first-order chi connectivity index (χ1) is 2.87. The Hall–Kier alpha value is 0. The van der Waals surface area contributed by atoms with E-state index >= 15 is 0 Å². The van der Waals surface area contributed by atoms with Gasteiger partial charge in [-0.25, -0.2) is 0 Å². The fourth-order valence-electron chi connectivity index (χ4n) is 2.34. The number of hydrogen-bond donors (Lipinski definition) is 0. The molecular formula is C6H8. The lowest BCUT2D eigenvalue weighted by atomic mass is 10.0. The van der Waals surface area contributed by atoms with Gasteiger partial charge < -0.3 is 0 Å². The minimum atomic E-state index is 1.03. The Morgan fingerprint density at radius 1 is 0.833 bits per heavy atom. The zero-order chi connectivity index (χ0) is 3.83. The van der Waals surface area contributed by atoms with E-state index < -0.39 is 0 Å². The number of rotatable bonds is 0. The summed E-state index contributed by atoms with van der Waals surface area (Å²) in [7, 11) is 0. The molecule has 0 aromatic heterocycles. The maximum Gasteiger partial charge on any atom is -0.0229 e. The second kappa shape index (κ2) is 0.312. The summed E-state index contributed by atoms with van der Waals surface area (Å²) in [6, 6.07) is 0. The predicted octanol–water partition coefficient (Wildman–Crippen LogP) is 1.56. The van der Waals surface area contributed by atoms with Gasteiger partial charge in [-0.05, 0) is 36.5 Å². The van der Waals surface area contributed by atoms with E-state index in [0.29, 0.717) is 0 Å². The van der Waals surface area contributed by atoms with Gasteiger partial charge in [0.05, 0.1) is 0 Å². The molecule has 0 saturated heterocycles. The van der Waals surface area contributed by atoms with Crippen molar-refractivity contribution in [2.45, 2.75) is 25.7 Å². The van der Waals surface area contributed by atoms with Gasteiger partial charge in [0.25, 0.3) is 0 Å². The van der Waals surface area contributed by atoms with Gasteiger partial charge in [-0.1, -0.05) is 0 Å². The van der Waals surface area contributed by atoms with E-state index in [1.807, 2.05) is 0 Å². The van der Waals surface area contributed by atoms with Crippen molar-refractivity contribution in [1.29, 1.82) is 0 Å². The summed E-state index contributed by atoms with van der Waals surface area (Å²) in [5.41, 5.74) is 2.07. The topological polar surface area (TPSA) is 0 Å². The van der Waals surface area contributed by atoms with Crippen LogP contribution in [0.25, 0.3) is 0 Å².